The number of carbonyl (C=O) groups is 4. The number of carbonyl (C=O) groups excluding carboxylic acids is 3. The van der Waals surface area contributed by atoms with Crippen LogP contribution in [0.3, 0.4) is 0 Å². The summed E-state index contributed by atoms with van der Waals surface area (Å²) in [5.41, 5.74) is -1.28. The number of carboxylic acid groups (broad SMARTS) is 1. The number of carboxylic acids is 1. The standard InChI is InChI=1S/C15H27N2O10PS/c1-15(2,9-27-28(24,25)26)13(22)14(23)17-6-5-10(18)16-7-8-29-12(21)4-3-11(19)20/h13,22H,3-9H2,1-2H3,(H,16,18)(H,17,23)(H,19,20)(H2,24,25,26). The lowest BCUT2D eigenvalue weighted by atomic mass is 9.87. The van der Waals surface area contributed by atoms with Gasteiger partial charge in [0.15, 0.2) is 5.12 Å². The highest BCUT2D eigenvalue weighted by atomic mass is 32.2. The monoisotopic (exact) mass is 458 g/mol. The number of aliphatic hydroxyl groups excluding tert-OH is 1. The van der Waals surface area contributed by atoms with Crippen molar-refractivity contribution in [2.75, 3.05) is 25.4 Å². The van der Waals surface area contributed by atoms with E-state index in [9.17, 15) is 28.8 Å². The summed E-state index contributed by atoms with van der Waals surface area (Å²) in [5, 5.41) is 23.0. The molecule has 6 N–H and O–H groups in total. The van der Waals surface area contributed by atoms with E-state index >= 15 is 0 Å². The van der Waals surface area contributed by atoms with Gasteiger partial charge in [-0.05, 0) is 0 Å². The van der Waals surface area contributed by atoms with Gasteiger partial charge in [-0.2, -0.15) is 0 Å². The Bertz CT molecular complexity index is 637. The van der Waals surface area contributed by atoms with Crippen LogP contribution in [0, 0.1) is 5.41 Å². The third-order valence-electron chi connectivity index (χ3n) is 3.47. The first-order valence-corrected chi connectivity index (χ1v) is 11.1. The Labute approximate surface area is 172 Å². The fraction of sp³-hybridized carbons (Fsp3) is 0.733. The Morgan fingerprint density at radius 1 is 1.07 bits per heavy atom. The second-order valence-electron chi connectivity index (χ2n) is 6.66. The van der Waals surface area contributed by atoms with Crippen molar-refractivity contribution in [3.8, 4) is 0 Å². The highest BCUT2D eigenvalue weighted by Crippen LogP contribution is 2.38. The van der Waals surface area contributed by atoms with Gasteiger partial charge in [0.05, 0.1) is 13.0 Å². The van der Waals surface area contributed by atoms with E-state index in [1.54, 1.807) is 0 Å². The van der Waals surface area contributed by atoms with E-state index in [1.165, 1.54) is 13.8 Å². The lowest BCUT2D eigenvalue weighted by Crippen LogP contribution is -2.46. The maximum Gasteiger partial charge on any atom is 0.469 e. The number of rotatable bonds is 14. The predicted molar refractivity (Wildman–Crippen MR) is 103 cm³/mol. The zero-order valence-electron chi connectivity index (χ0n) is 16.1. The molecule has 0 saturated carbocycles. The number of nitrogens with one attached hydrogen (secondary N) is 2. The molecular formula is C15H27N2O10PS. The van der Waals surface area contributed by atoms with Crippen LogP contribution >= 0.6 is 19.6 Å². The maximum absolute atomic E-state index is 11.9. The summed E-state index contributed by atoms with van der Waals surface area (Å²) >= 11 is 0.915. The summed E-state index contributed by atoms with van der Waals surface area (Å²) < 4.78 is 15.0. The SMILES string of the molecule is CC(C)(COP(=O)(O)O)C(O)C(=O)NCCC(=O)NCCSC(=O)CCC(=O)O. The number of amides is 2. The summed E-state index contributed by atoms with van der Waals surface area (Å²) in [4.78, 5) is 62.6. The van der Waals surface area contributed by atoms with Gasteiger partial charge in [-0.1, -0.05) is 25.6 Å². The first-order chi connectivity index (χ1) is 13.2. The number of aliphatic carboxylic acids is 1. The third-order valence-corrected chi connectivity index (χ3v) is 4.87. The lowest BCUT2D eigenvalue weighted by Gasteiger charge is -2.29. The van der Waals surface area contributed by atoms with Crippen molar-refractivity contribution in [3.05, 3.63) is 0 Å². The number of phosphoric acid groups is 1. The van der Waals surface area contributed by atoms with E-state index in [1.807, 2.05) is 0 Å². The van der Waals surface area contributed by atoms with Crippen LogP contribution in [0.1, 0.15) is 33.1 Å². The Kier molecular flexibility index (Phi) is 12.3. The molecule has 0 spiro atoms. The van der Waals surface area contributed by atoms with Crippen molar-refractivity contribution in [1.29, 1.82) is 0 Å². The molecule has 0 bridgehead atoms. The molecule has 14 heteroatoms. The van der Waals surface area contributed by atoms with Crippen LogP contribution in [0.5, 0.6) is 0 Å². The second kappa shape index (κ2) is 12.9. The van der Waals surface area contributed by atoms with Crippen molar-refractivity contribution in [3.63, 3.8) is 0 Å². The van der Waals surface area contributed by atoms with Gasteiger partial charge in [0.1, 0.15) is 6.10 Å². The van der Waals surface area contributed by atoms with Crippen molar-refractivity contribution >= 4 is 42.5 Å². The molecule has 0 aliphatic heterocycles. The molecule has 0 heterocycles. The quantitative estimate of drug-likeness (QED) is 0.141. The molecular weight excluding hydrogens is 431 g/mol. The molecule has 12 nitrogen and oxygen atoms in total. The van der Waals surface area contributed by atoms with Gasteiger partial charge in [-0.3, -0.25) is 23.7 Å². The smallest absolute Gasteiger partial charge is 0.469 e. The topological polar surface area (TPSA) is 200 Å². The van der Waals surface area contributed by atoms with Gasteiger partial charge in [0.25, 0.3) is 0 Å². The van der Waals surface area contributed by atoms with E-state index in [0.717, 1.165) is 11.8 Å². The van der Waals surface area contributed by atoms with Crippen LogP contribution < -0.4 is 10.6 Å². The summed E-state index contributed by atoms with van der Waals surface area (Å²) in [6.07, 6.45) is -2.04. The van der Waals surface area contributed by atoms with E-state index in [-0.39, 0.29) is 43.2 Å². The van der Waals surface area contributed by atoms with Crippen molar-refractivity contribution in [2.45, 2.75) is 39.2 Å². The number of thioether (sulfide) groups is 1. The van der Waals surface area contributed by atoms with Gasteiger partial charge in [-0.25, -0.2) is 4.57 Å². The summed E-state index contributed by atoms with van der Waals surface area (Å²) in [7, 11) is -4.74. The molecule has 0 radical (unpaired) electrons. The minimum atomic E-state index is -4.74. The maximum atomic E-state index is 11.9. The first-order valence-electron chi connectivity index (χ1n) is 8.54. The van der Waals surface area contributed by atoms with Crippen LogP contribution in [0.4, 0.5) is 0 Å². The Morgan fingerprint density at radius 2 is 1.69 bits per heavy atom. The molecule has 1 unspecified atom stereocenters. The third kappa shape index (κ3) is 14.2. The van der Waals surface area contributed by atoms with E-state index in [4.69, 9.17) is 14.9 Å². The van der Waals surface area contributed by atoms with Crippen molar-refractivity contribution in [1.82, 2.24) is 10.6 Å². The van der Waals surface area contributed by atoms with Crippen LogP contribution in [0.25, 0.3) is 0 Å². The summed E-state index contributed by atoms with van der Waals surface area (Å²) in [6, 6.07) is 0. The van der Waals surface area contributed by atoms with E-state index in [0.29, 0.717) is 0 Å². The number of phosphoric ester groups is 1. The largest absolute Gasteiger partial charge is 0.481 e. The highest BCUT2D eigenvalue weighted by molar-refractivity contribution is 8.13. The zero-order chi connectivity index (χ0) is 22.7. The number of hydrogen-bond acceptors (Lipinski definition) is 8. The van der Waals surface area contributed by atoms with Crippen LogP contribution in [0.2, 0.25) is 0 Å². The molecule has 0 aromatic rings. The normalized spacial score (nSPS) is 12.9. The van der Waals surface area contributed by atoms with Gasteiger partial charge < -0.3 is 30.6 Å². The molecule has 0 aliphatic rings. The van der Waals surface area contributed by atoms with Gasteiger partial charge in [-0.15, -0.1) is 0 Å². The molecule has 0 rings (SSSR count). The van der Waals surface area contributed by atoms with Gasteiger partial charge in [0, 0.05) is 37.1 Å². The van der Waals surface area contributed by atoms with Gasteiger partial charge in [0.2, 0.25) is 11.8 Å². The molecule has 2 amide bonds. The zero-order valence-corrected chi connectivity index (χ0v) is 17.8. The van der Waals surface area contributed by atoms with Gasteiger partial charge >= 0.3 is 13.8 Å². The average Bonchev–Trinajstić information content (AvgIpc) is 2.60. The summed E-state index contributed by atoms with van der Waals surface area (Å²) in [5.74, 6) is -2.00. The molecule has 0 aliphatic carbocycles. The molecule has 1 atom stereocenters. The van der Waals surface area contributed by atoms with E-state index in [2.05, 4.69) is 15.2 Å². The Balaban J connectivity index is 4.05. The molecule has 168 valence electrons. The van der Waals surface area contributed by atoms with Crippen molar-refractivity contribution in [2.24, 2.45) is 5.41 Å². The highest BCUT2D eigenvalue weighted by Gasteiger charge is 2.35. The van der Waals surface area contributed by atoms with Crippen molar-refractivity contribution < 1.29 is 48.3 Å². The lowest BCUT2D eigenvalue weighted by molar-refractivity contribution is -0.138. The molecule has 0 aromatic carbocycles. The Hall–Kier alpha value is -1.50. The first kappa shape index (κ1) is 27.5. The number of hydrogen-bond donors (Lipinski definition) is 6. The van der Waals surface area contributed by atoms with E-state index < -0.39 is 43.7 Å². The second-order valence-corrected chi connectivity index (χ2v) is 9.05. The predicted octanol–water partition coefficient (Wildman–Crippen LogP) is -0.770. The molecule has 29 heavy (non-hydrogen) atoms. The molecule has 0 aromatic heterocycles. The van der Waals surface area contributed by atoms with Crippen LogP contribution in [-0.2, 0) is 28.3 Å². The van der Waals surface area contributed by atoms with Crippen LogP contribution in [0.15, 0.2) is 0 Å². The Morgan fingerprint density at radius 3 is 2.24 bits per heavy atom. The fourth-order valence-corrected chi connectivity index (χ4v) is 2.98. The molecule has 0 fully saturated rings. The fourth-order valence-electron chi connectivity index (χ4n) is 1.81. The summed E-state index contributed by atoms with van der Waals surface area (Å²) in [6.45, 7) is 2.31. The number of aliphatic hydroxyl groups is 1. The minimum absolute atomic E-state index is 0.0815. The average molecular weight is 458 g/mol. The molecule has 0 saturated heterocycles. The van der Waals surface area contributed by atoms with Crippen LogP contribution in [-0.4, -0.2) is 74.5 Å². The minimum Gasteiger partial charge on any atom is -0.481 e.